The van der Waals surface area contributed by atoms with E-state index in [9.17, 15) is 4.79 Å². The summed E-state index contributed by atoms with van der Waals surface area (Å²) in [4.78, 5) is 11.0. The van der Waals surface area contributed by atoms with E-state index in [1.165, 1.54) is 7.11 Å². The third-order valence-electron chi connectivity index (χ3n) is 2.49. The lowest BCUT2D eigenvalue weighted by molar-refractivity contribution is -0.191. The van der Waals surface area contributed by atoms with Crippen LogP contribution in [-0.2, 0) is 14.3 Å². The molecule has 1 atom stereocenters. The van der Waals surface area contributed by atoms with Crippen LogP contribution in [0.1, 0.15) is 26.7 Å². The molecule has 0 aromatic heterocycles. The van der Waals surface area contributed by atoms with E-state index in [-0.39, 0.29) is 0 Å². The van der Waals surface area contributed by atoms with Gasteiger partial charge in [-0.15, -0.1) is 0 Å². The molecule has 0 aromatic rings. The van der Waals surface area contributed by atoms with Gasteiger partial charge in [0.15, 0.2) is 5.60 Å². The SMILES string of the molecule is COC1(C(=O)O)CCOC(C)(C)C1. The van der Waals surface area contributed by atoms with Gasteiger partial charge in [0.25, 0.3) is 0 Å². The average Bonchev–Trinajstić information content (AvgIpc) is 2.02. The van der Waals surface area contributed by atoms with Gasteiger partial charge in [0.05, 0.1) is 12.2 Å². The van der Waals surface area contributed by atoms with Crippen LogP contribution in [0.4, 0.5) is 0 Å². The Hall–Kier alpha value is -0.610. The zero-order valence-electron chi connectivity index (χ0n) is 8.29. The number of carboxylic acids is 1. The molecule has 1 saturated heterocycles. The highest BCUT2D eigenvalue weighted by molar-refractivity contribution is 5.77. The second-order valence-corrected chi connectivity index (χ2v) is 4.04. The van der Waals surface area contributed by atoms with Crippen molar-refractivity contribution in [3.8, 4) is 0 Å². The maximum Gasteiger partial charge on any atom is 0.336 e. The van der Waals surface area contributed by atoms with Crippen LogP contribution < -0.4 is 0 Å². The monoisotopic (exact) mass is 188 g/mol. The summed E-state index contributed by atoms with van der Waals surface area (Å²) >= 11 is 0. The number of hydrogen-bond acceptors (Lipinski definition) is 3. The lowest BCUT2D eigenvalue weighted by atomic mass is 9.84. The molecule has 13 heavy (non-hydrogen) atoms. The van der Waals surface area contributed by atoms with Crippen molar-refractivity contribution >= 4 is 5.97 Å². The summed E-state index contributed by atoms with van der Waals surface area (Å²) in [6.07, 6.45) is 0.814. The van der Waals surface area contributed by atoms with Crippen LogP contribution in [0.3, 0.4) is 0 Å². The Morgan fingerprint density at radius 3 is 2.46 bits per heavy atom. The van der Waals surface area contributed by atoms with Gasteiger partial charge in [-0.25, -0.2) is 4.79 Å². The van der Waals surface area contributed by atoms with Crippen LogP contribution in [0.5, 0.6) is 0 Å². The van der Waals surface area contributed by atoms with Crippen molar-refractivity contribution in [2.45, 2.75) is 37.9 Å². The Morgan fingerprint density at radius 2 is 2.15 bits per heavy atom. The molecule has 1 aliphatic heterocycles. The third-order valence-corrected chi connectivity index (χ3v) is 2.49. The number of hydrogen-bond donors (Lipinski definition) is 1. The molecule has 0 radical (unpaired) electrons. The van der Waals surface area contributed by atoms with Gasteiger partial charge in [-0.2, -0.15) is 0 Å². The molecule has 1 heterocycles. The van der Waals surface area contributed by atoms with E-state index in [1.807, 2.05) is 13.8 Å². The van der Waals surface area contributed by atoms with E-state index < -0.39 is 17.2 Å². The zero-order chi connectivity index (χ0) is 10.1. The van der Waals surface area contributed by atoms with Crippen molar-refractivity contribution in [3.63, 3.8) is 0 Å². The standard InChI is InChI=1S/C9H16O4/c1-8(2)6-9(12-3,7(10)11)4-5-13-8/h4-6H2,1-3H3,(H,10,11). The normalized spacial score (nSPS) is 32.8. The molecule has 4 heteroatoms. The molecular weight excluding hydrogens is 172 g/mol. The summed E-state index contributed by atoms with van der Waals surface area (Å²) < 4.78 is 10.5. The first-order valence-electron chi connectivity index (χ1n) is 4.34. The predicted octanol–water partition coefficient (Wildman–Crippen LogP) is 1.05. The maximum atomic E-state index is 11.0. The van der Waals surface area contributed by atoms with Crippen LogP contribution >= 0.6 is 0 Å². The highest BCUT2D eigenvalue weighted by Crippen LogP contribution is 2.34. The number of carbonyl (C=O) groups is 1. The van der Waals surface area contributed by atoms with Crippen LogP contribution in [0, 0.1) is 0 Å². The molecular formula is C9H16O4. The van der Waals surface area contributed by atoms with Crippen molar-refractivity contribution in [2.24, 2.45) is 0 Å². The molecule has 0 aromatic carbocycles. The first kappa shape index (κ1) is 10.5. The quantitative estimate of drug-likeness (QED) is 0.703. The molecule has 4 nitrogen and oxygen atoms in total. The molecule has 76 valence electrons. The van der Waals surface area contributed by atoms with Crippen LogP contribution in [-0.4, -0.2) is 36.0 Å². The summed E-state index contributed by atoms with van der Waals surface area (Å²) in [7, 11) is 1.44. The van der Waals surface area contributed by atoms with E-state index in [1.54, 1.807) is 0 Å². The Kier molecular flexibility index (Phi) is 2.63. The van der Waals surface area contributed by atoms with E-state index in [4.69, 9.17) is 14.6 Å². The largest absolute Gasteiger partial charge is 0.479 e. The molecule has 1 unspecified atom stereocenters. The van der Waals surface area contributed by atoms with E-state index in [0.29, 0.717) is 19.4 Å². The Morgan fingerprint density at radius 1 is 1.54 bits per heavy atom. The van der Waals surface area contributed by atoms with Gasteiger partial charge in [0, 0.05) is 20.0 Å². The van der Waals surface area contributed by atoms with E-state index in [0.717, 1.165) is 0 Å². The second-order valence-electron chi connectivity index (χ2n) is 4.04. The van der Waals surface area contributed by atoms with E-state index >= 15 is 0 Å². The minimum atomic E-state index is -1.05. The summed E-state index contributed by atoms with van der Waals surface area (Å²) in [6, 6.07) is 0. The van der Waals surface area contributed by atoms with Gasteiger partial charge in [0.1, 0.15) is 0 Å². The number of methoxy groups -OCH3 is 1. The topological polar surface area (TPSA) is 55.8 Å². The van der Waals surface area contributed by atoms with Crippen molar-refractivity contribution in [1.29, 1.82) is 0 Å². The molecule has 1 rings (SSSR count). The molecule has 0 bridgehead atoms. The van der Waals surface area contributed by atoms with Crippen molar-refractivity contribution < 1.29 is 19.4 Å². The van der Waals surface area contributed by atoms with E-state index in [2.05, 4.69) is 0 Å². The van der Waals surface area contributed by atoms with Crippen LogP contribution in [0.15, 0.2) is 0 Å². The van der Waals surface area contributed by atoms with Gasteiger partial charge >= 0.3 is 5.97 Å². The van der Waals surface area contributed by atoms with Gasteiger partial charge in [-0.1, -0.05) is 0 Å². The minimum absolute atomic E-state index is 0.395. The van der Waals surface area contributed by atoms with Gasteiger partial charge in [0.2, 0.25) is 0 Å². The summed E-state index contributed by atoms with van der Waals surface area (Å²) in [5.41, 5.74) is -1.46. The van der Waals surface area contributed by atoms with Crippen LogP contribution in [0.2, 0.25) is 0 Å². The number of carboxylic acid groups (broad SMARTS) is 1. The van der Waals surface area contributed by atoms with Gasteiger partial charge in [-0.05, 0) is 13.8 Å². The summed E-state index contributed by atoms with van der Waals surface area (Å²) in [6.45, 7) is 4.19. The lowest BCUT2D eigenvalue weighted by Crippen LogP contribution is -2.52. The summed E-state index contributed by atoms with van der Waals surface area (Å²) in [5.74, 6) is -0.897. The number of aliphatic carboxylic acids is 1. The van der Waals surface area contributed by atoms with Gasteiger partial charge in [-0.3, -0.25) is 0 Å². The molecule has 1 fully saturated rings. The first-order chi connectivity index (χ1) is 5.92. The van der Waals surface area contributed by atoms with Crippen molar-refractivity contribution in [2.75, 3.05) is 13.7 Å². The van der Waals surface area contributed by atoms with Crippen molar-refractivity contribution in [3.05, 3.63) is 0 Å². The first-order valence-corrected chi connectivity index (χ1v) is 4.34. The minimum Gasteiger partial charge on any atom is -0.479 e. The smallest absolute Gasteiger partial charge is 0.336 e. The average molecular weight is 188 g/mol. The second kappa shape index (κ2) is 3.27. The molecule has 0 spiro atoms. The highest BCUT2D eigenvalue weighted by atomic mass is 16.5. The molecule has 0 amide bonds. The lowest BCUT2D eigenvalue weighted by Gasteiger charge is -2.40. The Balaban J connectivity index is 2.82. The molecule has 1 aliphatic rings. The van der Waals surface area contributed by atoms with Gasteiger partial charge < -0.3 is 14.6 Å². The highest BCUT2D eigenvalue weighted by Gasteiger charge is 2.46. The fourth-order valence-electron chi connectivity index (χ4n) is 1.76. The Bertz CT molecular complexity index is 212. The third kappa shape index (κ3) is 2.00. The molecule has 1 N–H and O–H groups in total. The fourth-order valence-corrected chi connectivity index (χ4v) is 1.76. The van der Waals surface area contributed by atoms with Crippen LogP contribution in [0.25, 0.3) is 0 Å². The predicted molar refractivity (Wildman–Crippen MR) is 46.6 cm³/mol. The molecule has 0 saturated carbocycles. The summed E-state index contributed by atoms with van der Waals surface area (Å²) in [5, 5.41) is 9.04. The fraction of sp³-hybridized carbons (Fsp3) is 0.889. The maximum absolute atomic E-state index is 11.0. The number of rotatable bonds is 2. The number of ether oxygens (including phenoxy) is 2. The van der Waals surface area contributed by atoms with Crippen molar-refractivity contribution in [1.82, 2.24) is 0 Å². The zero-order valence-corrected chi connectivity index (χ0v) is 8.29. The Labute approximate surface area is 77.8 Å². The molecule has 0 aliphatic carbocycles.